The van der Waals surface area contributed by atoms with Crippen LogP contribution in [0.5, 0.6) is 0 Å². The predicted octanol–water partition coefficient (Wildman–Crippen LogP) is 3.15. The van der Waals surface area contributed by atoms with Gasteiger partial charge in [0.2, 0.25) is 0 Å². The Bertz CT molecular complexity index is 1150. The van der Waals surface area contributed by atoms with Gasteiger partial charge in [0.1, 0.15) is 17.7 Å². The second kappa shape index (κ2) is 11.2. The van der Waals surface area contributed by atoms with E-state index in [0.717, 1.165) is 63.5 Å². The molecule has 0 amide bonds. The molecule has 1 unspecified atom stereocenters. The summed E-state index contributed by atoms with van der Waals surface area (Å²) in [6.45, 7) is 7.04. The van der Waals surface area contributed by atoms with Crippen molar-refractivity contribution in [3.05, 3.63) is 71.8 Å². The van der Waals surface area contributed by atoms with Crippen molar-refractivity contribution in [2.24, 2.45) is 12.5 Å². The van der Waals surface area contributed by atoms with E-state index in [4.69, 9.17) is 0 Å². The highest BCUT2D eigenvalue weighted by Crippen LogP contribution is 2.49. The van der Waals surface area contributed by atoms with Crippen molar-refractivity contribution in [2.45, 2.75) is 70.9 Å². The van der Waals surface area contributed by atoms with E-state index in [-0.39, 0.29) is 5.41 Å². The van der Waals surface area contributed by atoms with Gasteiger partial charge in [-0.2, -0.15) is 0 Å². The lowest BCUT2D eigenvalue weighted by atomic mass is 9.71. The highest BCUT2D eigenvalue weighted by molar-refractivity contribution is 5.74. The molecule has 0 radical (unpaired) electrons. The maximum Gasteiger partial charge on any atom is 0.320 e. The minimum atomic E-state index is -0.687. The number of nitrogens with zero attached hydrogens (tertiary/aromatic N) is 5. The number of rotatable bonds is 10. The fourth-order valence-electron chi connectivity index (χ4n) is 6.52. The number of H-pyrrole nitrogens is 1. The van der Waals surface area contributed by atoms with Gasteiger partial charge in [0.15, 0.2) is 0 Å². The highest BCUT2D eigenvalue weighted by atomic mass is 16.4. The van der Waals surface area contributed by atoms with Crippen LogP contribution in [0.15, 0.2) is 49.1 Å². The van der Waals surface area contributed by atoms with E-state index in [0.29, 0.717) is 19.1 Å². The third-order valence-corrected chi connectivity index (χ3v) is 8.39. The number of carbonyl (C=O) groups is 1. The Morgan fingerprint density at radius 2 is 1.86 bits per heavy atom. The van der Waals surface area contributed by atoms with Crippen LogP contribution in [0.3, 0.4) is 0 Å². The number of benzene rings is 1. The number of imidazole rings is 2. The molecular weight excluding hydrogens is 466 g/mol. The van der Waals surface area contributed by atoms with E-state index in [1.807, 2.05) is 30.2 Å². The van der Waals surface area contributed by atoms with Gasteiger partial charge >= 0.3 is 5.97 Å². The summed E-state index contributed by atoms with van der Waals surface area (Å²) in [6.07, 6.45) is 11.3. The van der Waals surface area contributed by atoms with E-state index in [9.17, 15) is 9.90 Å². The van der Waals surface area contributed by atoms with Crippen LogP contribution in [0.4, 0.5) is 0 Å². The Kier molecular flexibility index (Phi) is 7.73. The molecule has 1 aromatic carbocycles. The zero-order chi connectivity index (χ0) is 25.8. The van der Waals surface area contributed by atoms with Crippen molar-refractivity contribution in [3.63, 3.8) is 0 Å². The third kappa shape index (κ3) is 5.63. The first-order chi connectivity index (χ1) is 18.0. The smallest absolute Gasteiger partial charge is 0.320 e. The van der Waals surface area contributed by atoms with Gasteiger partial charge in [-0.15, -0.1) is 0 Å². The summed E-state index contributed by atoms with van der Waals surface area (Å²) in [4.78, 5) is 29.0. The lowest BCUT2D eigenvalue weighted by Gasteiger charge is -2.41. The second-order valence-corrected chi connectivity index (χ2v) is 10.7. The molecule has 3 N–H and O–H groups in total. The number of aliphatic carboxylic acids is 1. The standard InChI is InChI=1S/C28H39N7O2/c1-3-24-28(8-10-29-11-9-28)16-23(27(36)37)35(24)18-22-6-4-21(5-7-22)17-34(19-25-30-12-13-31-25)20-26-32-14-15-33(26)2/h4-7,12-15,23-24,29H,3,8-11,16-20H2,1-2H3,(H,30,31)(H,36,37)/t23-,24?/m1/s1. The van der Waals surface area contributed by atoms with Gasteiger partial charge < -0.3 is 20.0 Å². The monoisotopic (exact) mass is 505 g/mol. The quantitative estimate of drug-likeness (QED) is 0.389. The summed E-state index contributed by atoms with van der Waals surface area (Å²) in [6, 6.07) is 8.58. The van der Waals surface area contributed by atoms with Gasteiger partial charge in [-0.3, -0.25) is 14.6 Å². The zero-order valence-corrected chi connectivity index (χ0v) is 21.9. The van der Waals surface area contributed by atoms with Crippen LogP contribution in [-0.2, 0) is 38.0 Å². The van der Waals surface area contributed by atoms with Crippen molar-refractivity contribution in [3.8, 4) is 0 Å². The topological polar surface area (TPSA) is 102 Å². The molecule has 2 aliphatic heterocycles. The summed E-state index contributed by atoms with van der Waals surface area (Å²) >= 11 is 0. The lowest BCUT2D eigenvalue weighted by molar-refractivity contribution is -0.142. The Balaban J connectivity index is 1.29. The van der Waals surface area contributed by atoms with Crippen LogP contribution in [0, 0.1) is 5.41 Å². The molecular formula is C28H39N7O2. The van der Waals surface area contributed by atoms with Gasteiger partial charge in [-0.25, -0.2) is 9.97 Å². The minimum Gasteiger partial charge on any atom is -0.480 e. The van der Waals surface area contributed by atoms with Crippen LogP contribution < -0.4 is 5.32 Å². The molecule has 37 heavy (non-hydrogen) atoms. The van der Waals surface area contributed by atoms with Crippen LogP contribution >= 0.6 is 0 Å². The second-order valence-electron chi connectivity index (χ2n) is 10.7. The summed E-state index contributed by atoms with van der Waals surface area (Å²) < 4.78 is 2.05. The van der Waals surface area contributed by atoms with Crippen molar-refractivity contribution in [2.75, 3.05) is 13.1 Å². The molecule has 1 spiro atoms. The molecule has 9 heteroatoms. The maximum atomic E-state index is 12.3. The first kappa shape index (κ1) is 25.6. The van der Waals surface area contributed by atoms with E-state index < -0.39 is 12.0 Å². The molecule has 0 bridgehead atoms. The molecule has 198 valence electrons. The number of aryl methyl sites for hydroxylation is 1. The fourth-order valence-corrected chi connectivity index (χ4v) is 6.52. The third-order valence-electron chi connectivity index (χ3n) is 8.39. The number of carboxylic acids is 1. The molecule has 5 rings (SSSR count). The summed E-state index contributed by atoms with van der Waals surface area (Å²) in [5.74, 6) is 1.25. The summed E-state index contributed by atoms with van der Waals surface area (Å²) in [7, 11) is 2.02. The maximum absolute atomic E-state index is 12.3. The van der Waals surface area contributed by atoms with Gasteiger partial charge in [-0.1, -0.05) is 31.2 Å². The number of nitrogens with one attached hydrogen (secondary N) is 2. The number of aromatic amines is 1. The largest absolute Gasteiger partial charge is 0.480 e. The molecule has 2 fully saturated rings. The normalized spacial score (nSPS) is 21.7. The molecule has 2 aromatic heterocycles. The van der Waals surface area contributed by atoms with E-state index >= 15 is 0 Å². The van der Waals surface area contributed by atoms with E-state index in [2.05, 4.69) is 61.3 Å². The molecule has 4 heterocycles. The average molecular weight is 506 g/mol. The SMILES string of the molecule is CCC1N(Cc2ccc(CN(Cc3ncc[nH]3)Cc3nccn3C)cc2)[C@@H](C(=O)O)CC12CCNCC2. The van der Waals surface area contributed by atoms with Crippen molar-refractivity contribution in [1.29, 1.82) is 0 Å². The number of hydrogen-bond acceptors (Lipinski definition) is 6. The summed E-state index contributed by atoms with van der Waals surface area (Å²) in [5, 5.41) is 13.5. The molecule has 3 aromatic rings. The molecule has 0 aliphatic carbocycles. The zero-order valence-electron chi connectivity index (χ0n) is 21.9. The van der Waals surface area contributed by atoms with E-state index in [1.54, 1.807) is 6.20 Å². The first-order valence-corrected chi connectivity index (χ1v) is 13.4. The molecule has 2 atom stereocenters. The Morgan fingerprint density at radius 3 is 2.49 bits per heavy atom. The number of hydrogen-bond donors (Lipinski definition) is 3. The fraction of sp³-hybridized carbons (Fsp3) is 0.536. The Morgan fingerprint density at radius 1 is 1.11 bits per heavy atom. The number of likely N-dealkylation sites (tertiary alicyclic amines) is 1. The Labute approximate surface area is 218 Å². The van der Waals surface area contributed by atoms with Crippen molar-refractivity contribution >= 4 is 5.97 Å². The number of piperidine rings is 1. The minimum absolute atomic E-state index is 0.111. The average Bonchev–Trinajstić information content (AvgIpc) is 3.61. The lowest BCUT2D eigenvalue weighted by Crippen LogP contribution is -2.46. The number of aromatic nitrogens is 4. The predicted molar refractivity (Wildman–Crippen MR) is 141 cm³/mol. The molecule has 9 nitrogen and oxygen atoms in total. The van der Waals surface area contributed by atoms with Crippen LogP contribution in [0.2, 0.25) is 0 Å². The van der Waals surface area contributed by atoms with Crippen molar-refractivity contribution in [1.82, 2.24) is 34.6 Å². The first-order valence-electron chi connectivity index (χ1n) is 13.4. The van der Waals surface area contributed by atoms with Gasteiger partial charge in [0.25, 0.3) is 0 Å². The van der Waals surface area contributed by atoms with E-state index in [1.165, 1.54) is 11.1 Å². The molecule has 2 saturated heterocycles. The van der Waals surface area contributed by atoms with Crippen LogP contribution in [0.25, 0.3) is 0 Å². The van der Waals surface area contributed by atoms with Gasteiger partial charge in [0, 0.05) is 51.0 Å². The highest BCUT2D eigenvalue weighted by Gasteiger charge is 2.53. The number of carboxylic acid groups (broad SMARTS) is 1. The van der Waals surface area contributed by atoms with Crippen molar-refractivity contribution < 1.29 is 9.90 Å². The van der Waals surface area contributed by atoms with Gasteiger partial charge in [-0.05, 0) is 55.3 Å². The van der Waals surface area contributed by atoms with Crippen LogP contribution in [0.1, 0.15) is 55.4 Å². The summed E-state index contributed by atoms with van der Waals surface area (Å²) in [5.41, 5.74) is 2.49. The molecule has 0 saturated carbocycles. The Hall–Kier alpha value is -3.01. The van der Waals surface area contributed by atoms with Crippen LogP contribution in [-0.4, -0.2) is 65.6 Å². The van der Waals surface area contributed by atoms with Gasteiger partial charge in [0.05, 0.1) is 13.1 Å². The molecule has 2 aliphatic rings.